The monoisotopic (exact) mass is 208 g/mol. The van der Waals surface area contributed by atoms with Gasteiger partial charge in [-0.05, 0) is 26.3 Å². The van der Waals surface area contributed by atoms with Crippen LogP contribution >= 0.6 is 0 Å². The lowest BCUT2D eigenvalue weighted by Gasteiger charge is -2.21. The van der Waals surface area contributed by atoms with Gasteiger partial charge in [0.1, 0.15) is 5.82 Å². The van der Waals surface area contributed by atoms with Crippen molar-refractivity contribution in [3.63, 3.8) is 0 Å². The van der Waals surface area contributed by atoms with E-state index in [1.807, 2.05) is 27.1 Å². The molecule has 4 heteroatoms. The molecule has 0 aliphatic carbocycles. The van der Waals surface area contributed by atoms with E-state index in [2.05, 4.69) is 21.8 Å². The van der Waals surface area contributed by atoms with Crippen LogP contribution in [0.15, 0.2) is 6.20 Å². The van der Waals surface area contributed by atoms with Crippen molar-refractivity contribution in [1.82, 2.24) is 9.97 Å². The van der Waals surface area contributed by atoms with Gasteiger partial charge in [0.2, 0.25) is 0 Å². The van der Waals surface area contributed by atoms with Gasteiger partial charge in [-0.2, -0.15) is 0 Å². The molecule has 2 N–H and O–H groups in total. The number of nitrogens with two attached hydrogens (primary N) is 1. The maximum atomic E-state index is 5.59. The highest BCUT2D eigenvalue weighted by atomic mass is 15.2. The summed E-state index contributed by atoms with van der Waals surface area (Å²) in [5, 5.41) is 0. The van der Waals surface area contributed by atoms with Gasteiger partial charge in [-0.1, -0.05) is 6.92 Å². The Hall–Kier alpha value is -1.16. The number of hydrogen-bond acceptors (Lipinski definition) is 4. The van der Waals surface area contributed by atoms with Crippen LogP contribution in [0, 0.1) is 19.8 Å². The predicted octanol–water partition coefficient (Wildman–Crippen LogP) is 1.12. The Morgan fingerprint density at radius 3 is 2.60 bits per heavy atom. The Morgan fingerprint density at radius 2 is 2.07 bits per heavy atom. The van der Waals surface area contributed by atoms with Crippen LogP contribution in [-0.4, -0.2) is 30.1 Å². The molecule has 0 aliphatic heterocycles. The van der Waals surface area contributed by atoms with E-state index in [0.717, 1.165) is 23.8 Å². The second-order valence-corrected chi connectivity index (χ2v) is 4.12. The Labute approximate surface area is 91.5 Å². The fraction of sp³-hybridized carbons (Fsp3) is 0.636. The van der Waals surface area contributed by atoms with E-state index in [4.69, 9.17) is 5.73 Å². The first-order valence-corrected chi connectivity index (χ1v) is 5.26. The molecule has 1 rings (SSSR count). The highest BCUT2D eigenvalue weighted by Crippen LogP contribution is 2.11. The lowest BCUT2D eigenvalue weighted by molar-refractivity contribution is 0.586. The molecule has 4 nitrogen and oxygen atoms in total. The van der Waals surface area contributed by atoms with Gasteiger partial charge in [0.25, 0.3) is 0 Å². The fourth-order valence-electron chi connectivity index (χ4n) is 1.35. The van der Waals surface area contributed by atoms with Gasteiger partial charge in [0, 0.05) is 13.6 Å². The zero-order valence-corrected chi connectivity index (χ0v) is 9.99. The van der Waals surface area contributed by atoms with Crippen molar-refractivity contribution in [3.8, 4) is 0 Å². The lowest BCUT2D eigenvalue weighted by atomic mass is 10.2. The molecular formula is C11H20N4. The Kier molecular flexibility index (Phi) is 4.03. The molecule has 0 spiro atoms. The van der Waals surface area contributed by atoms with E-state index >= 15 is 0 Å². The minimum atomic E-state index is 0.471. The quantitative estimate of drug-likeness (QED) is 0.805. The molecule has 1 aromatic rings. The minimum absolute atomic E-state index is 0.471. The topological polar surface area (TPSA) is 55.0 Å². The van der Waals surface area contributed by atoms with E-state index in [-0.39, 0.29) is 0 Å². The maximum absolute atomic E-state index is 5.59. The zero-order valence-electron chi connectivity index (χ0n) is 9.99. The standard InChI is InChI=1S/C11H20N4/c1-8(5-12)7-15(4)11-6-13-9(2)10(3)14-11/h6,8H,5,7,12H2,1-4H3. The second kappa shape index (κ2) is 5.07. The van der Waals surface area contributed by atoms with E-state index < -0.39 is 0 Å². The molecule has 0 amide bonds. The van der Waals surface area contributed by atoms with Gasteiger partial charge in [-0.25, -0.2) is 4.98 Å². The van der Waals surface area contributed by atoms with Crippen LogP contribution in [0.2, 0.25) is 0 Å². The molecule has 0 fully saturated rings. The minimum Gasteiger partial charge on any atom is -0.358 e. The molecular weight excluding hydrogens is 188 g/mol. The highest BCUT2D eigenvalue weighted by Gasteiger charge is 2.08. The Morgan fingerprint density at radius 1 is 1.40 bits per heavy atom. The summed E-state index contributed by atoms with van der Waals surface area (Å²) in [7, 11) is 2.02. The summed E-state index contributed by atoms with van der Waals surface area (Å²) in [5.74, 6) is 1.39. The first-order chi connectivity index (χ1) is 7.04. The van der Waals surface area contributed by atoms with E-state index in [1.54, 1.807) is 0 Å². The maximum Gasteiger partial charge on any atom is 0.147 e. The van der Waals surface area contributed by atoms with Gasteiger partial charge in [0.15, 0.2) is 0 Å². The van der Waals surface area contributed by atoms with Gasteiger partial charge in [-0.3, -0.25) is 4.98 Å². The average molecular weight is 208 g/mol. The highest BCUT2D eigenvalue weighted by molar-refractivity contribution is 5.36. The molecule has 0 saturated heterocycles. The van der Waals surface area contributed by atoms with Crippen LogP contribution in [0.4, 0.5) is 5.82 Å². The predicted molar refractivity (Wildman–Crippen MR) is 63.0 cm³/mol. The summed E-state index contributed by atoms with van der Waals surface area (Å²) in [6.45, 7) is 7.68. The number of nitrogens with zero attached hydrogens (tertiary/aromatic N) is 3. The summed E-state index contributed by atoms with van der Waals surface area (Å²) < 4.78 is 0. The summed E-state index contributed by atoms with van der Waals surface area (Å²) in [4.78, 5) is 10.9. The Balaban J connectivity index is 2.73. The zero-order chi connectivity index (χ0) is 11.4. The Bertz CT molecular complexity index is 324. The lowest BCUT2D eigenvalue weighted by Crippen LogP contribution is -2.29. The van der Waals surface area contributed by atoms with E-state index in [1.165, 1.54) is 0 Å². The molecule has 0 aliphatic rings. The summed E-state index contributed by atoms with van der Waals surface area (Å²) in [6.07, 6.45) is 1.81. The van der Waals surface area contributed by atoms with Crippen molar-refractivity contribution in [1.29, 1.82) is 0 Å². The third-order valence-corrected chi connectivity index (χ3v) is 2.56. The van der Waals surface area contributed by atoms with Crippen LogP contribution in [0.5, 0.6) is 0 Å². The molecule has 15 heavy (non-hydrogen) atoms. The molecule has 0 radical (unpaired) electrons. The molecule has 0 saturated carbocycles. The van der Waals surface area contributed by atoms with Crippen LogP contribution in [-0.2, 0) is 0 Å². The van der Waals surface area contributed by atoms with Crippen LogP contribution in [0.25, 0.3) is 0 Å². The average Bonchev–Trinajstić information content (AvgIpc) is 2.21. The van der Waals surface area contributed by atoms with E-state index in [0.29, 0.717) is 12.5 Å². The van der Waals surface area contributed by atoms with Crippen LogP contribution in [0.1, 0.15) is 18.3 Å². The van der Waals surface area contributed by atoms with Crippen molar-refractivity contribution in [2.24, 2.45) is 11.7 Å². The van der Waals surface area contributed by atoms with Crippen molar-refractivity contribution in [3.05, 3.63) is 17.6 Å². The molecule has 1 unspecified atom stereocenters. The second-order valence-electron chi connectivity index (χ2n) is 4.12. The molecule has 84 valence electrons. The first-order valence-electron chi connectivity index (χ1n) is 5.26. The van der Waals surface area contributed by atoms with Crippen LogP contribution < -0.4 is 10.6 Å². The number of aryl methyl sites for hydroxylation is 2. The third-order valence-electron chi connectivity index (χ3n) is 2.56. The molecule has 1 aromatic heterocycles. The molecule has 0 aromatic carbocycles. The van der Waals surface area contributed by atoms with Gasteiger partial charge in [-0.15, -0.1) is 0 Å². The van der Waals surface area contributed by atoms with Crippen molar-refractivity contribution in [2.45, 2.75) is 20.8 Å². The molecule has 1 heterocycles. The molecule has 1 atom stereocenters. The smallest absolute Gasteiger partial charge is 0.147 e. The fourth-order valence-corrected chi connectivity index (χ4v) is 1.35. The van der Waals surface area contributed by atoms with Gasteiger partial charge in [0.05, 0.1) is 17.6 Å². The molecule has 0 bridgehead atoms. The number of rotatable bonds is 4. The summed E-state index contributed by atoms with van der Waals surface area (Å²) >= 11 is 0. The normalized spacial score (nSPS) is 12.6. The van der Waals surface area contributed by atoms with Gasteiger partial charge >= 0.3 is 0 Å². The van der Waals surface area contributed by atoms with E-state index in [9.17, 15) is 0 Å². The summed E-state index contributed by atoms with van der Waals surface area (Å²) in [6, 6.07) is 0. The largest absolute Gasteiger partial charge is 0.358 e. The SMILES string of the molecule is Cc1ncc(N(C)CC(C)CN)nc1C. The van der Waals surface area contributed by atoms with Crippen LogP contribution in [0.3, 0.4) is 0 Å². The third kappa shape index (κ3) is 3.16. The van der Waals surface area contributed by atoms with Crippen molar-refractivity contribution in [2.75, 3.05) is 25.0 Å². The van der Waals surface area contributed by atoms with Crippen molar-refractivity contribution < 1.29 is 0 Å². The number of anilines is 1. The van der Waals surface area contributed by atoms with Gasteiger partial charge < -0.3 is 10.6 Å². The number of hydrogen-bond donors (Lipinski definition) is 1. The van der Waals surface area contributed by atoms with Crippen molar-refractivity contribution >= 4 is 5.82 Å². The number of aromatic nitrogens is 2. The first kappa shape index (κ1) is 11.9. The summed E-state index contributed by atoms with van der Waals surface area (Å²) in [5.41, 5.74) is 7.56.